The van der Waals surface area contributed by atoms with Crippen LogP contribution < -0.4 is 5.56 Å². The molecule has 0 N–H and O–H groups in total. The van der Waals surface area contributed by atoms with Gasteiger partial charge in [0.2, 0.25) is 0 Å². The Morgan fingerprint density at radius 1 is 1.04 bits per heavy atom. The van der Waals surface area contributed by atoms with E-state index >= 15 is 0 Å². The van der Waals surface area contributed by atoms with Crippen LogP contribution in [0.5, 0.6) is 0 Å². The third-order valence-electron chi connectivity index (χ3n) is 4.99. The standard InChI is InChI=1S/C20H20N4O2/c1-14-6-8-15(9-7-14)19(25)23-12-10-16(11-13-23)24-20(26)17-4-2-3-5-18(17)21-22-24/h2-9,16H,10-13H2,1H3. The maximum absolute atomic E-state index is 12.7. The van der Waals surface area contributed by atoms with Crippen molar-refractivity contribution in [1.82, 2.24) is 19.9 Å². The lowest BCUT2D eigenvalue weighted by molar-refractivity contribution is 0.0687. The lowest BCUT2D eigenvalue weighted by Crippen LogP contribution is -2.41. The highest BCUT2D eigenvalue weighted by Crippen LogP contribution is 2.22. The summed E-state index contributed by atoms with van der Waals surface area (Å²) in [6.07, 6.45) is 1.40. The van der Waals surface area contributed by atoms with Gasteiger partial charge in [0.1, 0.15) is 5.52 Å². The van der Waals surface area contributed by atoms with E-state index in [2.05, 4.69) is 10.3 Å². The molecule has 3 aromatic rings. The summed E-state index contributed by atoms with van der Waals surface area (Å²) in [4.78, 5) is 27.1. The maximum Gasteiger partial charge on any atom is 0.277 e. The van der Waals surface area contributed by atoms with E-state index in [1.54, 1.807) is 12.1 Å². The average Bonchev–Trinajstić information content (AvgIpc) is 2.69. The number of carbonyl (C=O) groups excluding carboxylic acids is 1. The van der Waals surface area contributed by atoms with E-state index in [0.29, 0.717) is 42.4 Å². The highest BCUT2D eigenvalue weighted by atomic mass is 16.2. The number of likely N-dealkylation sites (tertiary alicyclic amines) is 1. The number of hydrogen-bond donors (Lipinski definition) is 0. The molecular formula is C20H20N4O2. The first-order chi connectivity index (χ1) is 12.6. The van der Waals surface area contributed by atoms with Crippen LogP contribution in [-0.4, -0.2) is 38.9 Å². The number of piperidine rings is 1. The molecule has 2 heterocycles. The Labute approximate surface area is 151 Å². The molecule has 4 rings (SSSR count). The van der Waals surface area contributed by atoms with Gasteiger partial charge in [0.25, 0.3) is 11.5 Å². The summed E-state index contributed by atoms with van der Waals surface area (Å²) < 4.78 is 1.48. The molecule has 1 aromatic heterocycles. The highest BCUT2D eigenvalue weighted by Gasteiger charge is 2.26. The number of rotatable bonds is 2. The van der Waals surface area contributed by atoms with Crippen LogP contribution in [0.3, 0.4) is 0 Å². The minimum Gasteiger partial charge on any atom is -0.338 e. The zero-order valence-electron chi connectivity index (χ0n) is 14.6. The van der Waals surface area contributed by atoms with E-state index in [1.165, 1.54) is 4.68 Å². The quantitative estimate of drug-likeness (QED) is 0.714. The summed E-state index contributed by atoms with van der Waals surface area (Å²) in [5.41, 5.74) is 2.34. The summed E-state index contributed by atoms with van der Waals surface area (Å²) in [6, 6.07) is 14.8. The van der Waals surface area contributed by atoms with Crippen LogP contribution in [0.4, 0.5) is 0 Å². The third kappa shape index (κ3) is 2.98. The molecule has 0 radical (unpaired) electrons. The smallest absolute Gasteiger partial charge is 0.277 e. The van der Waals surface area contributed by atoms with E-state index in [9.17, 15) is 9.59 Å². The van der Waals surface area contributed by atoms with Gasteiger partial charge in [-0.1, -0.05) is 35.0 Å². The van der Waals surface area contributed by atoms with Gasteiger partial charge in [-0.25, -0.2) is 4.68 Å². The molecule has 1 amide bonds. The fraction of sp³-hybridized carbons (Fsp3) is 0.300. The van der Waals surface area contributed by atoms with Crippen LogP contribution in [0, 0.1) is 6.92 Å². The van der Waals surface area contributed by atoms with Crippen molar-refractivity contribution in [3.05, 3.63) is 70.0 Å². The lowest BCUT2D eigenvalue weighted by Gasteiger charge is -2.32. The third-order valence-corrected chi connectivity index (χ3v) is 4.99. The molecule has 1 saturated heterocycles. The van der Waals surface area contributed by atoms with Crippen LogP contribution in [0.1, 0.15) is 34.8 Å². The van der Waals surface area contributed by atoms with Crippen LogP contribution in [0.2, 0.25) is 0 Å². The van der Waals surface area contributed by atoms with E-state index < -0.39 is 0 Å². The summed E-state index contributed by atoms with van der Waals surface area (Å²) >= 11 is 0. The summed E-state index contributed by atoms with van der Waals surface area (Å²) in [6.45, 7) is 3.22. The Bertz CT molecular complexity index is 1000. The molecule has 0 unspecified atom stereocenters. The SMILES string of the molecule is Cc1ccc(C(=O)N2CCC(n3nnc4ccccc4c3=O)CC2)cc1. The summed E-state index contributed by atoms with van der Waals surface area (Å²) in [7, 11) is 0. The number of aromatic nitrogens is 3. The second-order valence-electron chi connectivity index (χ2n) is 6.75. The van der Waals surface area contributed by atoms with Gasteiger partial charge in [-0.3, -0.25) is 9.59 Å². The number of benzene rings is 2. The van der Waals surface area contributed by atoms with Gasteiger partial charge >= 0.3 is 0 Å². The first-order valence-corrected chi connectivity index (χ1v) is 8.83. The van der Waals surface area contributed by atoms with Gasteiger partial charge < -0.3 is 4.90 Å². The predicted octanol–water partition coefficient (Wildman–Crippen LogP) is 2.58. The van der Waals surface area contributed by atoms with Gasteiger partial charge in [-0.05, 0) is 44.0 Å². The molecule has 1 aliphatic heterocycles. The number of carbonyl (C=O) groups is 1. The van der Waals surface area contributed by atoms with Crippen molar-refractivity contribution >= 4 is 16.8 Å². The second kappa shape index (κ2) is 6.71. The minimum atomic E-state index is -0.112. The molecule has 0 atom stereocenters. The van der Waals surface area contributed by atoms with Gasteiger partial charge in [0.15, 0.2) is 0 Å². The summed E-state index contributed by atoms with van der Waals surface area (Å²) in [5.74, 6) is 0.0420. The van der Waals surface area contributed by atoms with Crippen LogP contribution >= 0.6 is 0 Å². The van der Waals surface area contributed by atoms with Gasteiger partial charge in [-0.15, -0.1) is 5.10 Å². The second-order valence-corrected chi connectivity index (χ2v) is 6.75. The van der Waals surface area contributed by atoms with E-state index in [1.807, 2.05) is 48.2 Å². The number of amides is 1. The molecule has 1 fully saturated rings. The molecule has 0 aliphatic carbocycles. The van der Waals surface area contributed by atoms with Crippen molar-refractivity contribution in [2.75, 3.05) is 13.1 Å². The first kappa shape index (κ1) is 16.4. The molecule has 0 saturated carbocycles. The molecule has 1 aliphatic rings. The average molecular weight is 348 g/mol. The Balaban J connectivity index is 1.50. The predicted molar refractivity (Wildman–Crippen MR) is 99.2 cm³/mol. The van der Waals surface area contributed by atoms with Crippen LogP contribution in [0.25, 0.3) is 10.9 Å². The minimum absolute atomic E-state index is 0.0262. The number of nitrogens with zero attached hydrogens (tertiary/aromatic N) is 4. The molecule has 132 valence electrons. The maximum atomic E-state index is 12.7. The Kier molecular flexibility index (Phi) is 4.24. The fourth-order valence-electron chi connectivity index (χ4n) is 3.43. The number of hydrogen-bond acceptors (Lipinski definition) is 4. The summed E-state index contributed by atoms with van der Waals surface area (Å²) in [5, 5.41) is 8.86. The van der Waals surface area contributed by atoms with Crippen molar-refractivity contribution in [3.63, 3.8) is 0 Å². The normalized spacial score (nSPS) is 15.3. The molecular weight excluding hydrogens is 328 g/mol. The molecule has 26 heavy (non-hydrogen) atoms. The van der Waals surface area contributed by atoms with E-state index in [0.717, 1.165) is 5.56 Å². The van der Waals surface area contributed by atoms with E-state index in [-0.39, 0.29) is 17.5 Å². The number of aryl methyl sites for hydroxylation is 1. The zero-order chi connectivity index (χ0) is 18.1. The zero-order valence-corrected chi connectivity index (χ0v) is 14.6. The molecule has 6 nitrogen and oxygen atoms in total. The Morgan fingerprint density at radius 2 is 1.73 bits per heavy atom. The molecule has 0 bridgehead atoms. The van der Waals surface area contributed by atoms with Gasteiger partial charge in [0.05, 0.1) is 11.4 Å². The highest BCUT2D eigenvalue weighted by molar-refractivity contribution is 5.94. The van der Waals surface area contributed by atoms with Crippen molar-refractivity contribution in [1.29, 1.82) is 0 Å². The van der Waals surface area contributed by atoms with Crippen LogP contribution in [-0.2, 0) is 0 Å². The Morgan fingerprint density at radius 3 is 2.46 bits per heavy atom. The number of fused-ring (bicyclic) bond motifs is 1. The van der Waals surface area contributed by atoms with E-state index in [4.69, 9.17) is 0 Å². The van der Waals surface area contributed by atoms with Crippen molar-refractivity contribution in [3.8, 4) is 0 Å². The fourth-order valence-corrected chi connectivity index (χ4v) is 3.43. The molecule has 0 spiro atoms. The lowest BCUT2D eigenvalue weighted by atomic mass is 10.0. The monoisotopic (exact) mass is 348 g/mol. The van der Waals surface area contributed by atoms with Crippen molar-refractivity contribution < 1.29 is 4.79 Å². The van der Waals surface area contributed by atoms with Crippen LogP contribution in [0.15, 0.2) is 53.3 Å². The topological polar surface area (TPSA) is 68.1 Å². The van der Waals surface area contributed by atoms with Crippen molar-refractivity contribution in [2.24, 2.45) is 0 Å². The largest absolute Gasteiger partial charge is 0.338 e. The van der Waals surface area contributed by atoms with Gasteiger partial charge in [-0.2, -0.15) is 0 Å². The molecule has 6 heteroatoms. The Hall–Kier alpha value is -3.02. The van der Waals surface area contributed by atoms with Crippen molar-refractivity contribution in [2.45, 2.75) is 25.8 Å². The first-order valence-electron chi connectivity index (χ1n) is 8.83. The molecule has 2 aromatic carbocycles. The van der Waals surface area contributed by atoms with Gasteiger partial charge in [0, 0.05) is 18.7 Å².